The number of anilines is 1. The number of benzene rings is 1. The summed E-state index contributed by atoms with van der Waals surface area (Å²) in [4.78, 5) is 22.5. The number of aryl methyl sites for hydroxylation is 1. The number of hydrogen-bond donors (Lipinski definition) is 3. The quantitative estimate of drug-likeness (QED) is 0.798. The van der Waals surface area contributed by atoms with Crippen molar-refractivity contribution in [3.63, 3.8) is 0 Å². The molecule has 0 aliphatic rings. The van der Waals surface area contributed by atoms with Gasteiger partial charge in [0.25, 0.3) is 0 Å². The van der Waals surface area contributed by atoms with Gasteiger partial charge < -0.3 is 15.7 Å². The second-order valence-corrected chi connectivity index (χ2v) is 4.74. The summed E-state index contributed by atoms with van der Waals surface area (Å²) in [5.74, 6) is -1.10. The fourth-order valence-corrected chi connectivity index (χ4v) is 1.88. The Morgan fingerprint density at radius 2 is 2.00 bits per heavy atom. The Hall–Kier alpha value is -1.46. The number of halogens is 2. The number of nitrogens with one attached hydrogen (secondary N) is 2. The minimum Gasteiger partial charge on any atom is -0.480 e. The molecule has 1 rings (SSSR count). The van der Waals surface area contributed by atoms with Gasteiger partial charge in [-0.15, -0.1) is 0 Å². The highest BCUT2D eigenvalue weighted by atomic mass is 35.5. The fourth-order valence-electron chi connectivity index (χ4n) is 1.42. The zero-order valence-corrected chi connectivity index (χ0v) is 12.0. The standard InChI is InChI=1S/C12H14Cl2N2O3/c1-3-8(11(17)18)15-12(19)16-10-7(13)5-4-6(2)9(10)14/h4-5,8H,3H2,1-2H3,(H,17,18)(H2,15,16,19). The molecular weight excluding hydrogens is 291 g/mol. The molecule has 1 atom stereocenters. The third kappa shape index (κ3) is 4.01. The molecule has 0 saturated heterocycles. The molecule has 7 heteroatoms. The molecule has 1 unspecified atom stereocenters. The summed E-state index contributed by atoms with van der Waals surface area (Å²) < 4.78 is 0. The van der Waals surface area contributed by atoms with E-state index >= 15 is 0 Å². The van der Waals surface area contributed by atoms with E-state index in [1.807, 2.05) is 0 Å². The number of rotatable bonds is 4. The van der Waals surface area contributed by atoms with Crippen molar-refractivity contribution in [3.05, 3.63) is 27.7 Å². The first-order valence-corrected chi connectivity index (χ1v) is 6.37. The van der Waals surface area contributed by atoms with Crippen LogP contribution in [0.3, 0.4) is 0 Å². The van der Waals surface area contributed by atoms with E-state index in [1.165, 1.54) is 0 Å². The van der Waals surface area contributed by atoms with Crippen molar-refractivity contribution in [2.24, 2.45) is 0 Å². The number of carboxylic acid groups (broad SMARTS) is 1. The molecular formula is C12H14Cl2N2O3. The van der Waals surface area contributed by atoms with Gasteiger partial charge in [0.2, 0.25) is 0 Å². The predicted molar refractivity (Wildman–Crippen MR) is 75.1 cm³/mol. The van der Waals surface area contributed by atoms with Gasteiger partial charge in [0.05, 0.1) is 15.7 Å². The Kier molecular flexibility index (Phi) is 5.44. The molecule has 3 N–H and O–H groups in total. The van der Waals surface area contributed by atoms with Crippen LogP contribution in [0.2, 0.25) is 10.0 Å². The molecule has 0 bridgehead atoms. The highest BCUT2D eigenvalue weighted by Crippen LogP contribution is 2.32. The molecule has 0 aliphatic heterocycles. The summed E-state index contributed by atoms with van der Waals surface area (Å²) in [6.07, 6.45) is 0.276. The summed E-state index contributed by atoms with van der Waals surface area (Å²) >= 11 is 12.0. The lowest BCUT2D eigenvalue weighted by atomic mass is 10.2. The van der Waals surface area contributed by atoms with Crippen LogP contribution < -0.4 is 10.6 Å². The van der Waals surface area contributed by atoms with E-state index in [2.05, 4.69) is 10.6 Å². The van der Waals surface area contributed by atoms with E-state index in [0.29, 0.717) is 5.02 Å². The van der Waals surface area contributed by atoms with E-state index in [0.717, 1.165) is 5.56 Å². The third-order valence-electron chi connectivity index (χ3n) is 2.53. The second-order valence-electron chi connectivity index (χ2n) is 3.95. The molecule has 0 saturated carbocycles. The van der Waals surface area contributed by atoms with Crippen molar-refractivity contribution in [3.8, 4) is 0 Å². The van der Waals surface area contributed by atoms with Crippen LogP contribution in [0.4, 0.5) is 10.5 Å². The summed E-state index contributed by atoms with van der Waals surface area (Å²) in [5.41, 5.74) is 1.02. The van der Waals surface area contributed by atoms with Crippen LogP contribution in [0.1, 0.15) is 18.9 Å². The highest BCUT2D eigenvalue weighted by molar-refractivity contribution is 6.40. The maximum atomic E-state index is 11.7. The molecule has 104 valence electrons. The second kappa shape index (κ2) is 6.63. The van der Waals surface area contributed by atoms with E-state index in [-0.39, 0.29) is 17.1 Å². The molecule has 0 heterocycles. The average Bonchev–Trinajstić information content (AvgIpc) is 2.36. The number of amides is 2. The predicted octanol–water partition coefficient (Wildman–Crippen LogP) is 3.29. The number of urea groups is 1. The lowest BCUT2D eigenvalue weighted by Crippen LogP contribution is -2.42. The smallest absolute Gasteiger partial charge is 0.326 e. The first-order chi connectivity index (χ1) is 8.86. The number of aliphatic carboxylic acids is 1. The first kappa shape index (κ1) is 15.6. The maximum Gasteiger partial charge on any atom is 0.326 e. The van der Waals surface area contributed by atoms with Crippen LogP contribution >= 0.6 is 23.2 Å². The van der Waals surface area contributed by atoms with Crippen molar-refractivity contribution in [2.45, 2.75) is 26.3 Å². The zero-order chi connectivity index (χ0) is 14.6. The monoisotopic (exact) mass is 304 g/mol. The van der Waals surface area contributed by atoms with E-state index in [9.17, 15) is 9.59 Å². The molecule has 1 aromatic carbocycles. The van der Waals surface area contributed by atoms with Crippen LogP contribution in [0, 0.1) is 6.92 Å². The number of carbonyl (C=O) groups is 2. The maximum absolute atomic E-state index is 11.7. The third-order valence-corrected chi connectivity index (χ3v) is 3.34. The van der Waals surface area contributed by atoms with Gasteiger partial charge in [-0.25, -0.2) is 9.59 Å². The number of carboxylic acids is 1. The van der Waals surface area contributed by atoms with Crippen LogP contribution in [0.15, 0.2) is 12.1 Å². The Balaban J connectivity index is 2.83. The Morgan fingerprint density at radius 1 is 1.37 bits per heavy atom. The fraction of sp³-hybridized carbons (Fsp3) is 0.333. The largest absolute Gasteiger partial charge is 0.480 e. The van der Waals surface area contributed by atoms with Gasteiger partial charge in [-0.1, -0.05) is 36.2 Å². The highest BCUT2D eigenvalue weighted by Gasteiger charge is 2.19. The van der Waals surface area contributed by atoms with E-state index in [4.69, 9.17) is 28.3 Å². The van der Waals surface area contributed by atoms with Crippen molar-refractivity contribution in [1.82, 2.24) is 5.32 Å². The van der Waals surface area contributed by atoms with E-state index < -0.39 is 18.0 Å². The molecule has 5 nitrogen and oxygen atoms in total. The van der Waals surface area contributed by atoms with Gasteiger partial charge >= 0.3 is 12.0 Å². The van der Waals surface area contributed by atoms with E-state index in [1.54, 1.807) is 26.0 Å². The summed E-state index contributed by atoms with van der Waals surface area (Å²) in [7, 11) is 0. The van der Waals surface area contributed by atoms with Crippen molar-refractivity contribution >= 4 is 40.9 Å². The van der Waals surface area contributed by atoms with Crippen LogP contribution in [-0.2, 0) is 4.79 Å². The molecule has 0 aliphatic carbocycles. The average molecular weight is 305 g/mol. The molecule has 2 amide bonds. The van der Waals surface area contributed by atoms with Gasteiger partial charge in [0, 0.05) is 0 Å². The van der Waals surface area contributed by atoms with Gasteiger partial charge in [-0.3, -0.25) is 0 Å². The van der Waals surface area contributed by atoms with Gasteiger partial charge in [0.1, 0.15) is 6.04 Å². The number of carbonyl (C=O) groups excluding carboxylic acids is 1. The summed E-state index contributed by atoms with van der Waals surface area (Å²) in [5, 5.41) is 14.2. The van der Waals surface area contributed by atoms with Crippen molar-refractivity contribution in [1.29, 1.82) is 0 Å². The minimum absolute atomic E-state index is 0.265. The van der Waals surface area contributed by atoms with Gasteiger partial charge in [-0.05, 0) is 25.0 Å². The van der Waals surface area contributed by atoms with Crippen LogP contribution in [-0.4, -0.2) is 23.1 Å². The Bertz CT molecular complexity index is 506. The molecule has 0 fully saturated rings. The summed E-state index contributed by atoms with van der Waals surface area (Å²) in [6, 6.07) is 1.71. The normalized spacial score (nSPS) is 11.8. The molecule has 19 heavy (non-hydrogen) atoms. The van der Waals surface area contributed by atoms with Gasteiger partial charge in [0.15, 0.2) is 0 Å². The molecule has 0 spiro atoms. The molecule has 1 aromatic rings. The summed E-state index contributed by atoms with van der Waals surface area (Å²) in [6.45, 7) is 3.43. The molecule has 0 aromatic heterocycles. The van der Waals surface area contributed by atoms with Crippen LogP contribution in [0.25, 0.3) is 0 Å². The van der Waals surface area contributed by atoms with Crippen molar-refractivity contribution < 1.29 is 14.7 Å². The van der Waals surface area contributed by atoms with Crippen LogP contribution in [0.5, 0.6) is 0 Å². The Labute approximate surface area is 120 Å². The topological polar surface area (TPSA) is 78.4 Å². The Morgan fingerprint density at radius 3 is 2.53 bits per heavy atom. The lowest BCUT2D eigenvalue weighted by Gasteiger charge is -2.15. The first-order valence-electron chi connectivity index (χ1n) is 5.61. The minimum atomic E-state index is -1.10. The molecule has 0 radical (unpaired) electrons. The van der Waals surface area contributed by atoms with Gasteiger partial charge in [-0.2, -0.15) is 0 Å². The zero-order valence-electron chi connectivity index (χ0n) is 10.5. The number of hydrogen-bond acceptors (Lipinski definition) is 2. The van der Waals surface area contributed by atoms with Crippen molar-refractivity contribution in [2.75, 3.05) is 5.32 Å². The SMILES string of the molecule is CCC(NC(=O)Nc1c(Cl)ccc(C)c1Cl)C(=O)O. The lowest BCUT2D eigenvalue weighted by molar-refractivity contribution is -0.139.